The van der Waals surface area contributed by atoms with E-state index in [1.165, 1.54) is 23.5 Å². The second-order valence-electron chi connectivity index (χ2n) is 5.00. The number of amides is 1. The number of aromatic nitrogens is 1. The van der Waals surface area contributed by atoms with Crippen LogP contribution in [0.25, 0.3) is 20.8 Å². The predicted molar refractivity (Wildman–Crippen MR) is 102 cm³/mol. The van der Waals surface area contributed by atoms with Crippen LogP contribution in [0.15, 0.2) is 47.8 Å². The van der Waals surface area contributed by atoms with E-state index < -0.39 is 4.92 Å². The van der Waals surface area contributed by atoms with Crippen molar-refractivity contribution in [2.24, 2.45) is 0 Å². The van der Waals surface area contributed by atoms with Gasteiger partial charge in [-0.15, -0.1) is 22.7 Å². The lowest BCUT2D eigenvalue weighted by Crippen LogP contribution is -2.09. The molecule has 0 saturated heterocycles. The summed E-state index contributed by atoms with van der Waals surface area (Å²) in [6.07, 6.45) is 0. The number of rotatable bonds is 4. The second-order valence-corrected chi connectivity index (χ2v) is 8.01. The molecule has 124 valence electrons. The maximum absolute atomic E-state index is 12.4. The number of thiophene rings is 2. The third-order valence-electron chi connectivity index (χ3n) is 3.41. The van der Waals surface area contributed by atoms with Crippen LogP contribution in [-0.2, 0) is 0 Å². The Kier molecular flexibility index (Phi) is 4.04. The van der Waals surface area contributed by atoms with Gasteiger partial charge in [0.15, 0.2) is 0 Å². The fraction of sp³-hybridized carbons (Fsp3) is 0. The van der Waals surface area contributed by atoms with Gasteiger partial charge in [0.05, 0.1) is 20.0 Å². The van der Waals surface area contributed by atoms with Crippen LogP contribution < -0.4 is 5.32 Å². The van der Waals surface area contributed by atoms with Crippen molar-refractivity contribution in [3.8, 4) is 10.6 Å². The minimum atomic E-state index is -0.501. The molecule has 0 radical (unpaired) electrons. The molecular formula is C16H9N3O3S3. The molecule has 1 N–H and O–H groups in total. The van der Waals surface area contributed by atoms with Gasteiger partial charge >= 0.3 is 5.00 Å². The van der Waals surface area contributed by atoms with Crippen LogP contribution in [0.1, 0.15) is 9.67 Å². The van der Waals surface area contributed by atoms with Gasteiger partial charge in [-0.3, -0.25) is 14.9 Å². The van der Waals surface area contributed by atoms with Crippen molar-refractivity contribution in [2.45, 2.75) is 0 Å². The zero-order valence-corrected chi connectivity index (χ0v) is 14.9. The van der Waals surface area contributed by atoms with Gasteiger partial charge in [0.2, 0.25) is 0 Å². The molecule has 0 fully saturated rings. The molecule has 0 saturated carbocycles. The van der Waals surface area contributed by atoms with Crippen LogP contribution in [-0.4, -0.2) is 15.8 Å². The summed E-state index contributed by atoms with van der Waals surface area (Å²) in [7, 11) is 0. The minimum Gasteiger partial charge on any atom is -0.312 e. The van der Waals surface area contributed by atoms with Crippen molar-refractivity contribution >= 4 is 60.1 Å². The molecule has 0 atom stereocenters. The lowest BCUT2D eigenvalue weighted by Gasteiger charge is -2.02. The van der Waals surface area contributed by atoms with E-state index in [4.69, 9.17) is 0 Å². The molecule has 0 aliphatic heterocycles. The molecule has 4 aromatic rings. The molecule has 0 aliphatic carbocycles. The molecule has 9 heteroatoms. The highest BCUT2D eigenvalue weighted by atomic mass is 32.1. The molecule has 3 aromatic heterocycles. The lowest BCUT2D eigenvalue weighted by atomic mass is 10.3. The van der Waals surface area contributed by atoms with Crippen molar-refractivity contribution in [3.05, 3.63) is 62.8 Å². The zero-order valence-electron chi connectivity index (χ0n) is 12.5. The number of nitrogens with zero attached hydrogens (tertiary/aromatic N) is 2. The van der Waals surface area contributed by atoms with Crippen LogP contribution >= 0.6 is 34.0 Å². The topological polar surface area (TPSA) is 85.1 Å². The number of benzene rings is 1. The first kappa shape index (κ1) is 15.9. The van der Waals surface area contributed by atoms with Crippen molar-refractivity contribution < 1.29 is 9.72 Å². The molecule has 0 bridgehead atoms. The Morgan fingerprint density at radius 3 is 2.72 bits per heavy atom. The Hall–Kier alpha value is -2.62. The smallest absolute Gasteiger partial charge is 0.312 e. The van der Waals surface area contributed by atoms with Crippen LogP contribution in [0.2, 0.25) is 0 Å². The number of thiazole rings is 1. The van der Waals surface area contributed by atoms with E-state index in [-0.39, 0.29) is 10.9 Å². The van der Waals surface area contributed by atoms with Gasteiger partial charge < -0.3 is 5.32 Å². The molecule has 3 heterocycles. The normalized spacial score (nSPS) is 10.9. The molecule has 0 unspecified atom stereocenters. The van der Waals surface area contributed by atoms with E-state index in [9.17, 15) is 14.9 Å². The maximum Gasteiger partial charge on any atom is 0.324 e. The Labute approximate surface area is 153 Å². The first-order valence-corrected chi connectivity index (χ1v) is 9.62. The quantitative estimate of drug-likeness (QED) is 0.383. The number of para-hydroxylation sites is 1. The minimum absolute atomic E-state index is 0.0530. The SMILES string of the molecule is O=C(Nc1sccc1-c1nc2ccccc2s1)c1ccc([N+](=O)[O-])s1. The number of nitrogens with one attached hydrogen (secondary N) is 1. The largest absolute Gasteiger partial charge is 0.324 e. The average molecular weight is 387 g/mol. The number of nitro groups is 1. The summed E-state index contributed by atoms with van der Waals surface area (Å²) in [6.45, 7) is 0. The van der Waals surface area contributed by atoms with Gasteiger partial charge in [-0.1, -0.05) is 23.5 Å². The lowest BCUT2D eigenvalue weighted by molar-refractivity contribution is -0.380. The van der Waals surface area contributed by atoms with Crippen molar-refractivity contribution in [1.82, 2.24) is 4.98 Å². The third-order valence-corrected chi connectivity index (χ3v) is 6.35. The molecule has 1 aromatic carbocycles. The van der Waals surface area contributed by atoms with Crippen LogP contribution in [0.4, 0.5) is 10.0 Å². The van der Waals surface area contributed by atoms with Crippen LogP contribution in [0.3, 0.4) is 0 Å². The first-order chi connectivity index (χ1) is 12.1. The van der Waals surface area contributed by atoms with E-state index in [1.54, 1.807) is 11.3 Å². The van der Waals surface area contributed by atoms with Crippen molar-refractivity contribution in [3.63, 3.8) is 0 Å². The summed E-state index contributed by atoms with van der Waals surface area (Å²) >= 11 is 3.81. The van der Waals surface area contributed by atoms with E-state index >= 15 is 0 Å². The summed E-state index contributed by atoms with van der Waals surface area (Å²) < 4.78 is 1.08. The summed E-state index contributed by atoms with van der Waals surface area (Å²) in [5.74, 6) is -0.358. The number of fused-ring (bicyclic) bond motifs is 1. The van der Waals surface area contributed by atoms with E-state index in [1.807, 2.05) is 35.7 Å². The summed E-state index contributed by atoms with van der Waals surface area (Å²) in [5, 5.41) is 16.9. The summed E-state index contributed by atoms with van der Waals surface area (Å²) in [4.78, 5) is 27.5. The Balaban J connectivity index is 1.62. The molecule has 1 amide bonds. The third kappa shape index (κ3) is 3.04. The monoisotopic (exact) mass is 387 g/mol. The summed E-state index contributed by atoms with van der Waals surface area (Å²) in [6, 6.07) is 12.6. The van der Waals surface area contributed by atoms with E-state index in [2.05, 4.69) is 10.3 Å². The first-order valence-electron chi connectivity index (χ1n) is 7.11. The van der Waals surface area contributed by atoms with Gasteiger partial charge in [0.25, 0.3) is 5.91 Å². The van der Waals surface area contributed by atoms with Crippen LogP contribution in [0.5, 0.6) is 0 Å². The van der Waals surface area contributed by atoms with Crippen LogP contribution in [0, 0.1) is 10.1 Å². The fourth-order valence-electron chi connectivity index (χ4n) is 2.27. The molecular weight excluding hydrogens is 378 g/mol. The fourth-order valence-corrected chi connectivity index (χ4v) is 4.84. The van der Waals surface area contributed by atoms with Crippen molar-refractivity contribution in [2.75, 3.05) is 5.32 Å². The van der Waals surface area contributed by atoms with E-state index in [0.29, 0.717) is 9.88 Å². The van der Waals surface area contributed by atoms with Crippen molar-refractivity contribution in [1.29, 1.82) is 0 Å². The van der Waals surface area contributed by atoms with Gasteiger partial charge in [0.1, 0.15) is 10.0 Å². The maximum atomic E-state index is 12.4. The number of carbonyl (C=O) groups is 1. The van der Waals surface area contributed by atoms with Gasteiger partial charge in [0, 0.05) is 11.6 Å². The molecule has 0 spiro atoms. The number of hydrogen-bond acceptors (Lipinski definition) is 7. The highest BCUT2D eigenvalue weighted by Crippen LogP contribution is 2.38. The number of carbonyl (C=O) groups excluding carboxylic acids is 1. The number of anilines is 1. The van der Waals surface area contributed by atoms with E-state index in [0.717, 1.165) is 32.1 Å². The Morgan fingerprint density at radius 1 is 1.12 bits per heavy atom. The summed E-state index contributed by atoms with van der Waals surface area (Å²) in [5.41, 5.74) is 1.77. The van der Waals surface area contributed by atoms with Gasteiger partial charge in [-0.25, -0.2) is 4.98 Å². The predicted octanol–water partition coefficient (Wildman–Crippen LogP) is 5.25. The Bertz CT molecular complexity index is 1060. The average Bonchev–Trinajstić information content (AvgIpc) is 3.33. The molecule has 4 rings (SSSR count). The standard InChI is InChI=1S/C16H9N3O3S3/c20-14(12-5-6-13(24-12)19(21)22)18-15-9(7-8-23-15)16-17-10-3-1-2-4-11(10)25-16/h1-8H,(H,18,20). The Morgan fingerprint density at radius 2 is 1.96 bits per heavy atom. The highest BCUT2D eigenvalue weighted by Gasteiger charge is 2.18. The van der Waals surface area contributed by atoms with Gasteiger partial charge in [-0.2, -0.15) is 0 Å². The number of hydrogen-bond donors (Lipinski definition) is 1. The zero-order chi connectivity index (χ0) is 17.4. The highest BCUT2D eigenvalue weighted by molar-refractivity contribution is 7.22. The van der Waals surface area contributed by atoms with Gasteiger partial charge in [-0.05, 0) is 29.6 Å². The molecule has 6 nitrogen and oxygen atoms in total. The molecule has 25 heavy (non-hydrogen) atoms. The second kappa shape index (κ2) is 6.36. The molecule has 0 aliphatic rings.